The number of nitrogens with zero attached hydrogens (tertiary/aromatic N) is 1. The summed E-state index contributed by atoms with van der Waals surface area (Å²) < 4.78 is 11.5. The van der Waals surface area contributed by atoms with Crippen molar-refractivity contribution in [3.8, 4) is 0 Å². The van der Waals surface area contributed by atoms with Crippen molar-refractivity contribution >= 4 is 11.9 Å². The Kier molecular flexibility index (Phi) is 40.0. The first-order chi connectivity index (χ1) is 26.8. The zero-order valence-electron chi connectivity index (χ0n) is 36.9. The van der Waals surface area contributed by atoms with Gasteiger partial charge in [0.25, 0.3) is 0 Å². The smallest absolute Gasteiger partial charge is 0.308 e. The summed E-state index contributed by atoms with van der Waals surface area (Å²) in [6, 6.07) is 0. The Morgan fingerprint density at radius 1 is 0.436 bits per heavy atom. The molecule has 4 unspecified atom stereocenters. The molecule has 0 saturated heterocycles. The highest BCUT2D eigenvalue weighted by Gasteiger charge is 2.21. The van der Waals surface area contributed by atoms with Gasteiger partial charge in [0, 0.05) is 26.2 Å². The molecule has 0 aromatic heterocycles. The van der Waals surface area contributed by atoms with Crippen LogP contribution in [0.1, 0.15) is 227 Å². The molecule has 4 atom stereocenters. The van der Waals surface area contributed by atoms with E-state index in [1.54, 1.807) is 0 Å². The van der Waals surface area contributed by atoms with Gasteiger partial charge in [-0.25, -0.2) is 0 Å². The molecule has 3 N–H and O–H groups in total. The Labute approximate surface area is 340 Å². The maximum atomic E-state index is 13.0. The molecule has 0 aliphatic rings. The number of unbranched alkanes of at least 4 members (excludes halogenated alkanes) is 18. The first-order valence-corrected chi connectivity index (χ1v) is 23.8. The van der Waals surface area contributed by atoms with Gasteiger partial charge in [-0.1, -0.05) is 156 Å². The minimum Gasteiger partial charge on any atom is -0.465 e. The van der Waals surface area contributed by atoms with Crippen molar-refractivity contribution in [2.24, 2.45) is 11.8 Å². The van der Waals surface area contributed by atoms with E-state index in [0.717, 1.165) is 77.0 Å². The number of carbonyl (C=O) groups excluding carboxylic acids is 2. The number of aliphatic hydroxyl groups excluding tert-OH is 3. The lowest BCUT2D eigenvalue weighted by Crippen LogP contribution is -2.39. The van der Waals surface area contributed by atoms with Gasteiger partial charge in [0.05, 0.1) is 37.3 Å². The molecular formula is C47H93NO7. The first kappa shape index (κ1) is 53.8. The second-order valence-electron chi connectivity index (χ2n) is 16.7. The van der Waals surface area contributed by atoms with Crippen molar-refractivity contribution in [1.82, 2.24) is 4.90 Å². The van der Waals surface area contributed by atoms with Gasteiger partial charge in [-0.3, -0.25) is 14.5 Å². The highest BCUT2D eigenvalue weighted by molar-refractivity contribution is 5.72. The van der Waals surface area contributed by atoms with Gasteiger partial charge in [-0.15, -0.1) is 0 Å². The van der Waals surface area contributed by atoms with E-state index < -0.39 is 12.2 Å². The zero-order chi connectivity index (χ0) is 40.6. The zero-order valence-corrected chi connectivity index (χ0v) is 36.9. The molecule has 0 fully saturated rings. The highest BCUT2D eigenvalue weighted by Crippen LogP contribution is 2.22. The van der Waals surface area contributed by atoms with Crippen molar-refractivity contribution in [2.75, 3.05) is 39.5 Å². The number of carbonyl (C=O) groups is 2. The van der Waals surface area contributed by atoms with Gasteiger partial charge in [0.15, 0.2) is 0 Å². The monoisotopic (exact) mass is 784 g/mol. The lowest BCUT2D eigenvalue weighted by Gasteiger charge is -2.27. The van der Waals surface area contributed by atoms with Crippen LogP contribution in [0.4, 0.5) is 0 Å². The molecule has 0 heterocycles. The Balaban J connectivity index is 4.53. The molecule has 0 amide bonds. The van der Waals surface area contributed by atoms with Gasteiger partial charge in [-0.2, -0.15) is 0 Å². The van der Waals surface area contributed by atoms with Crippen LogP contribution in [0.3, 0.4) is 0 Å². The molecule has 0 saturated carbocycles. The van der Waals surface area contributed by atoms with Crippen molar-refractivity contribution in [3.63, 3.8) is 0 Å². The topological polar surface area (TPSA) is 117 Å². The molecule has 55 heavy (non-hydrogen) atoms. The quantitative estimate of drug-likeness (QED) is 0.0413. The van der Waals surface area contributed by atoms with Gasteiger partial charge in [0.1, 0.15) is 0 Å². The van der Waals surface area contributed by atoms with E-state index in [1.165, 1.54) is 103 Å². The maximum absolute atomic E-state index is 13.0. The van der Waals surface area contributed by atoms with Gasteiger partial charge in [-0.05, 0) is 70.6 Å². The lowest BCUT2D eigenvalue weighted by molar-refractivity contribution is -0.150. The van der Waals surface area contributed by atoms with Crippen LogP contribution in [-0.2, 0) is 19.1 Å². The number of esters is 2. The van der Waals surface area contributed by atoms with Gasteiger partial charge in [0.2, 0.25) is 0 Å². The minimum atomic E-state index is -0.550. The largest absolute Gasteiger partial charge is 0.465 e. The van der Waals surface area contributed by atoms with Crippen molar-refractivity contribution in [3.05, 3.63) is 0 Å². The van der Waals surface area contributed by atoms with Crippen LogP contribution in [0.2, 0.25) is 0 Å². The van der Waals surface area contributed by atoms with Crippen LogP contribution in [0.15, 0.2) is 0 Å². The molecule has 0 aliphatic carbocycles. The van der Waals surface area contributed by atoms with Crippen LogP contribution < -0.4 is 0 Å². The molecule has 0 spiro atoms. The molecule has 0 bridgehead atoms. The standard InChI is InChI=1S/C47H93NO7/c1-5-9-13-17-19-23-32-42(30-21-15-11-7-3)46(52)54-38-27-25-34-44(50)40-48(36-29-37-49)41-45(51)35-26-28-39-55-47(53)43(31-22-16-12-8-4)33-24-20-18-14-10-6-2/h42-45,49-51H,5-41H2,1-4H3. The van der Waals surface area contributed by atoms with E-state index in [4.69, 9.17) is 9.47 Å². The van der Waals surface area contributed by atoms with Crippen LogP contribution in [0, 0.1) is 11.8 Å². The first-order valence-electron chi connectivity index (χ1n) is 23.8. The summed E-state index contributed by atoms with van der Waals surface area (Å²) in [7, 11) is 0. The predicted octanol–water partition coefficient (Wildman–Crippen LogP) is 11.5. The van der Waals surface area contributed by atoms with E-state index in [-0.39, 0.29) is 30.4 Å². The van der Waals surface area contributed by atoms with Crippen molar-refractivity contribution in [2.45, 2.75) is 239 Å². The fourth-order valence-corrected chi connectivity index (χ4v) is 7.61. The third kappa shape index (κ3) is 34.5. The maximum Gasteiger partial charge on any atom is 0.308 e. The van der Waals surface area contributed by atoms with Crippen LogP contribution in [0.5, 0.6) is 0 Å². The number of hydrogen-bond donors (Lipinski definition) is 3. The molecule has 328 valence electrons. The summed E-state index contributed by atoms with van der Waals surface area (Å²) in [6.45, 7) is 11.2. The van der Waals surface area contributed by atoms with E-state index in [9.17, 15) is 24.9 Å². The Morgan fingerprint density at radius 2 is 0.745 bits per heavy atom. The average molecular weight is 784 g/mol. The Hall–Kier alpha value is -1.22. The van der Waals surface area contributed by atoms with Gasteiger partial charge >= 0.3 is 11.9 Å². The van der Waals surface area contributed by atoms with E-state index in [1.807, 2.05) is 4.90 Å². The van der Waals surface area contributed by atoms with E-state index in [0.29, 0.717) is 52.1 Å². The van der Waals surface area contributed by atoms with Crippen molar-refractivity contribution < 1.29 is 34.4 Å². The van der Waals surface area contributed by atoms with Crippen LogP contribution >= 0.6 is 0 Å². The molecule has 0 radical (unpaired) electrons. The Bertz CT molecular complexity index is 765. The molecule has 0 aromatic rings. The summed E-state index contributed by atoms with van der Waals surface area (Å²) >= 11 is 0. The summed E-state index contributed by atoms with van der Waals surface area (Å²) in [4.78, 5) is 28.0. The molecule has 8 nitrogen and oxygen atoms in total. The van der Waals surface area contributed by atoms with Crippen LogP contribution in [0.25, 0.3) is 0 Å². The summed E-state index contributed by atoms with van der Waals surface area (Å²) in [5, 5.41) is 31.1. The number of rotatable bonds is 43. The molecular weight excluding hydrogens is 691 g/mol. The Morgan fingerprint density at radius 3 is 1.09 bits per heavy atom. The average Bonchev–Trinajstić information content (AvgIpc) is 3.17. The molecule has 0 aromatic carbocycles. The molecule has 0 rings (SSSR count). The van der Waals surface area contributed by atoms with E-state index >= 15 is 0 Å². The number of hydrogen-bond acceptors (Lipinski definition) is 8. The second kappa shape index (κ2) is 41.0. The molecule has 8 heteroatoms. The second-order valence-corrected chi connectivity index (χ2v) is 16.7. The summed E-state index contributed by atoms with van der Waals surface area (Å²) in [5.74, 6) is -0.0727. The normalized spacial score (nSPS) is 13.9. The van der Waals surface area contributed by atoms with Crippen LogP contribution in [-0.4, -0.2) is 83.8 Å². The lowest BCUT2D eigenvalue weighted by atomic mass is 9.94. The van der Waals surface area contributed by atoms with Crippen molar-refractivity contribution in [1.29, 1.82) is 0 Å². The number of ether oxygens (including phenoxy) is 2. The number of aliphatic hydroxyl groups is 3. The summed E-state index contributed by atoms with van der Waals surface area (Å²) in [5.41, 5.74) is 0. The predicted molar refractivity (Wildman–Crippen MR) is 230 cm³/mol. The fraction of sp³-hybridized carbons (Fsp3) is 0.957. The highest BCUT2D eigenvalue weighted by atomic mass is 16.5. The minimum absolute atomic E-state index is 0.00679. The summed E-state index contributed by atoms with van der Waals surface area (Å²) in [6.07, 6.45) is 31.5. The molecule has 0 aliphatic heterocycles. The SMILES string of the molecule is CCCCCCCCC(CCCCCC)C(=O)OCCCCC(O)CN(CCCO)CC(O)CCCCOC(=O)C(CCCCCC)CCCCCCCC. The third-order valence-electron chi connectivity index (χ3n) is 11.2. The van der Waals surface area contributed by atoms with E-state index in [2.05, 4.69) is 27.7 Å². The fourth-order valence-electron chi connectivity index (χ4n) is 7.61. The van der Waals surface area contributed by atoms with Gasteiger partial charge < -0.3 is 24.8 Å². The third-order valence-corrected chi connectivity index (χ3v) is 11.2.